The van der Waals surface area contributed by atoms with E-state index in [4.69, 9.17) is 4.74 Å². The van der Waals surface area contributed by atoms with Crippen molar-refractivity contribution in [2.45, 2.75) is 20.0 Å². The Morgan fingerprint density at radius 3 is 2.55 bits per heavy atom. The van der Waals surface area contributed by atoms with Gasteiger partial charge in [0.05, 0.1) is 0 Å². The molecule has 0 fully saturated rings. The van der Waals surface area contributed by atoms with Gasteiger partial charge in [-0.25, -0.2) is 0 Å². The van der Waals surface area contributed by atoms with E-state index in [0.29, 0.717) is 5.75 Å². The molecule has 2 aromatic rings. The van der Waals surface area contributed by atoms with Gasteiger partial charge in [-0.3, -0.25) is 4.79 Å². The Kier molecular flexibility index (Phi) is 4.79. The van der Waals surface area contributed by atoms with Gasteiger partial charge in [0.25, 0.3) is 5.91 Å². The highest BCUT2D eigenvalue weighted by molar-refractivity contribution is 9.10. The summed E-state index contributed by atoms with van der Waals surface area (Å²) in [6.07, 6.45) is -0.555. The van der Waals surface area contributed by atoms with Crippen molar-refractivity contribution in [3.8, 4) is 5.75 Å². The predicted octanol–water partition coefficient (Wildman–Crippen LogP) is 4.16. The summed E-state index contributed by atoms with van der Waals surface area (Å²) in [6.45, 7) is 3.72. The summed E-state index contributed by atoms with van der Waals surface area (Å²) in [5.74, 6) is 0.525. The molecule has 1 amide bonds. The Morgan fingerprint density at radius 1 is 1.20 bits per heavy atom. The maximum atomic E-state index is 12.0. The molecule has 3 nitrogen and oxygen atoms in total. The van der Waals surface area contributed by atoms with E-state index >= 15 is 0 Å². The third kappa shape index (κ3) is 4.10. The van der Waals surface area contributed by atoms with Crippen molar-refractivity contribution in [3.63, 3.8) is 0 Å². The molecular formula is C16H16BrNO2. The first-order valence-electron chi connectivity index (χ1n) is 6.34. The van der Waals surface area contributed by atoms with E-state index in [-0.39, 0.29) is 5.91 Å². The lowest BCUT2D eigenvalue weighted by Crippen LogP contribution is -2.30. The Labute approximate surface area is 127 Å². The molecule has 0 saturated carbocycles. The van der Waals surface area contributed by atoms with Crippen LogP contribution < -0.4 is 10.1 Å². The van der Waals surface area contributed by atoms with Crippen LogP contribution in [0.4, 0.5) is 5.69 Å². The van der Waals surface area contributed by atoms with Gasteiger partial charge in [-0.05, 0) is 55.8 Å². The van der Waals surface area contributed by atoms with Crippen LogP contribution in [-0.2, 0) is 4.79 Å². The van der Waals surface area contributed by atoms with Crippen LogP contribution >= 0.6 is 15.9 Å². The number of rotatable bonds is 4. The molecule has 0 bridgehead atoms. The number of carbonyl (C=O) groups is 1. The molecule has 4 heteroatoms. The first kappa shape index (κ1) is 14.6. The van der Waals surface area contributed by atoms with Gasteiger partial charge in [0.2, 0.25) is 0 Å². The van der Waals surface area contributed by atoms with Crippen molar-refractivity contribution in [2.24, 2.45) is 0 Å². The van der Waals surface area contributed by atoms with E-state index < -0.39 is 6.10 Å². The fourth-order valence-electron chi connectivity index (χ4n) is 1.72. The Balaban J connectivity index is 1.96. The zero-order valence-corrected chi connectivity index (χ0v) is 13.0. The van der Waals surface area contributed by atoms with Gasteiger partial charge < -0.3 is 10.1 Å². The fourth-order valence-corrected chi connectivity index (χ4v) is 1.99. The molecule has 20 heavy (non-hydrogen) atoms. The average molecular weight is 334 g/mol. The van der Waals surface area contributed by atoms with E-state index in [2.05, 4.69) is 21.2 Å². The molecule has 2 rings (SSSR count). The number of benzene rings is 2. The summed E-state index contributed by atoms with van der Waals surface area (Å²) >= 11 is 3.35. The molecule has 0 saturated heterocycles. The number of anilines is 1. The molecule has 104 valence electrons. The molecule has 0 unspecified atom stereocenters. The summed E-state index contributed by atoms with van der Waals surface area (Å²) in [7, 11) is 0. The van der Waals surface area contributed by atoms with Gasteiger partial charge in [0.15, 0.2) is 6.10 Å². The van der Waals surface area contributed by atoms with Crippen molar-refractivity contribution in [1.29, 1.82) is 0 Å². The monoisotopic (exact) mass is 333 g/mol. The number of amides is 1. The SMILES string of the molecule is Cc1cccc(O[C@@H](C)C(=O)Nc2ccc(Br)cc2)c1. The molecule has 2 aromatic carbocycles. The van der Waals surface area contributed by atoms with Crippen molar-refractivity contribution >= 4 is 27.5 Å². The lowest BCUT2D eigenvalue weighted by molar-refractivity contribution is -0.122. The first-order valence-corrected chi connectivity index (χ1v) is 7.13. The van der Waals surface area contributed by atoms with Crippen LogP contribution in [0.5, 0.6) is 5.75 Å². The molecule has 1 atom stereocenters. The molecule has 0 radical (unpaired) electrons. The molecular weight excluding hydrogens is 318 g/mol. The minimum Gasteiger partial charge on any atom is -0.481 e. The number of aryl methyl sites for hydroxylation is 1. The van der Waals surface area contributed by atoms with Crippen LogP contribution in [0, 0.1) is 6.92 Å². The maximum Gasteiger partial charge on any atom is 0.265 e. The number of halogens is 1. The number of ether oxygens (including phenoxy) is 1. The maximum absolute atomic E-state index is 12.0. The summed E-state index contributed by atoms with van der Waals surface area (Å²) in [5.41, 5.74) is 1.85. The summed E-state index contributed by atoms with van der Waals surface area (Å²) in [5, 5.41) is 2.82. The molecule has 0 spiro atoms. The minimum atomic E-state index is -0.555. The van der Waals surface area contributed by atoms with Crippen molar-refractivity contribution in [3.05, 3.63) is 58.6 Å². The highest BCUT2D eigenvalue weighted by Gasteiger charge is 2.14. The van der Waals surface area contributed by atoms with Crippen LogP contribution in [0.25, 0.3) is 0 Å². The number of hydrogen-bond acceptors (Lipinski definition) is 2. The van der Waals surface area contributed by atoms with Crippen LogP contribution in [0.2, 0.25) is 0 Å². The minimum absolute atomic E-state index is 0.172. The van der Waals surface area contributed by atoms with Gasteiger partial charge in [-0.1, -0.05) is 28.1 Å². The molecule has 0 aliphatic carbocycles. The van der Waals surface area contributed by atoms with E-state index in [1.807, 2.05) is 55.5 Å². The second kappa shape index (κ2) is 6.57. The largest absolute Gasteiger partial charge is 0.481 e. The number of carbonyl (C=O) groups excluding carboxylic acids is 1. The van der Waals surface area contributed by atoms with E-state index in [0.717, 1.165) is 15.7 Å². The van der Waals surface area contributed by atoms with Gasteiger partial charge in [-0.15, -0.1) is 0 Å². The molecule has 0 aliphatic rings. The highest BCUT2D eigenvalue weighted by atomic mass is 79.9. The van der Waals surface area contributed by atoms with Gasteiger partial charge in [-0.2, -0.15) is 0 Å². The van der Waals surface area contributed by atoms with E-state index in [1.54, 1.807) is 6.92 Å². The standard InChI is InChI=1S/C16H16BrNO2/c1-11-4-3-5-15(10-11)20-12(2)16(19)18-14-8-6-13(17)7-9-14/h3-10,12H,1-2H3,(H,18,19)/t12-/m0/s1. The topological polar surface area (TPSA) is 38.3 Å². The Bertz CT molecular complexity index is 596. The third-order valence-corrected chi connectivity index (χ3v) is 3.31. The van der Waals surface area contributed by atoms with Crippen LogP contribution in [0.1, 0.15) is 12.5 Å². The fraction of sp³-hybridized carbons (Fsp3) is 0.188. The lowest BCUT2D eigenvalue weighted by atomic mass is 10.2. The molecule has 0 aromatic heterocycles. The van der Waals surface area contributed by atoms with Crippen molar-refractivity contribution in [1.82, 2.24) is 0 Å². The second-order valence-corrected chi connectivity index (χ2v) is 5.49. The number of nitrogens with one attached hydrogen (secondary N) is 1. The summed E-state index contributed by atoms with van der Waals surface area (Å²) in [4.78, 5) is 12.0. The quantitative estimate of drug-likeness (QED) is 0.912. The van der Waals surface area contributed by atoms with E-state index in [9.17, 15) is 4.79 Å². The highest BCUT2D eigenvalue weighted by Crippen LogP contribution is 2.16. The third-order valence-electron chi connectivity index (χ3n) is 2.78. The Morgan fingerprint density at radius 2 is 1.90 bits per heavy atom. The van der Waals surface area contributed by atoms with Gasteiger partial charge in [0.1, 0.15) is 5.75 Å². The first-order chi connectivity index (χ1) is 9.54. The molecule has 0 heterocycles. The molecule has 1 N–H and O–H groups in total. The van der Waals surface area contributed by atoms with E-state index in [1.165, 1.54) is 0 Å². The smallest absolute Gasteiger partial charge is 0.265 e. The zero-order chi connectivity index (χ0) is 14.5. The normalized spacial score (nSPS) is 11.8. The zero-order valence-electron chi connectivity index (χ0n) is 11.4. The van der Waals surface area contributed by atoms with Gasteiger partial charge in [0, 0.05) is 10.2 Å². The summed E-state index contributed by atoms with van der Waals surface area (Å²) in [6, 6.07) is 15.1. The van der Waals surface area contributed by atoms with Crippen LogP contribution in [0.15, 0.2) is 53.0 Å². The van der Waals surface area contributed by atoms with Crippen LogP contribution in [-0.4, -0.2) is 12.0 Å². The second-order valence-electron chi connectivity index (χ2n) is 4.57. The van der Waals surface area contributed by atoms with Crippen LogP contribution in [0.3, 0.4) is 0 Å². The average Bonchev–Trinajstić information content (AvgIpc) is 2.41. The van der Waals surface area contributed by atoms with Crippen molar-refractivity contribution < 1.29 is 9.53 Å². The Hall–Kier alpha value is -1.81. The molecule has 0 aliphatic heterocycles. The van der Waals surface area contributed by atoms with Crippen molar-refractivity contribution in [2.75, 3.05) is 5.32 Å². The summed E-state index contributed by atoms with van der Waals surface area (Å²) < 4.78 is 6.60. The predicted molar refractivity (Wildman–Crippen MR) is 84.0 cm³/mol. The van der Waals surface area contributed by atoms with Gasteiger partial charge >= 0.3 is 0 Å². The lowest BCUT2D eigenvalue weighted by Gasteiger charge is -2.15. The number of hydrogen-bond donors (Lipinski definition) is 1.